The summed E-state index contributed by atoms with van der Waals surface area (Å²) in [6.07, 6.45) is 0. The minimum Gasteiger partial charge on any atom is -0.510 e. The lowest BCUT2D eigenvalue weighted by Crippen LogP contribution is -2.25. The maximum absolute atomic E-state index is 13.8. The van der Waals surface area contributed by atoms with Crippen LogP contribution in [0.4, 0.5) is 28.4 Å². The molecular weight excluding hydrogens is 735 g/mol. The van der Waals surface area contributed by atoms with E-state index >= 15 is 0 Å². The first-order valence-electron chi connectivity index (χ1n) is 13.9. The van der Waals surface area contributed by atoms with Crippen molar-refractivity contribution >= 4 is 78.2 Å². The first-order chi connectivity index (χ1) is 24.0. The zero-order valence-electron chi connectivity index (χ0n) is 25.6. The third-order valence-corrected chi connectivity index (χ3v) is 9.42. The number of allylic oxidation sites excluding steroid dienone is 1. The fraction of sp³-hybridized carbons (Fsp3) is 0.0333. The number of benzene rings is 4. The van der Waals surface area contributed by atoms with Gasteiger partial charge in [-0.05, 0) is 61.5 Å². The number of para-hydroxylation sites is 1. The van der Waals surface area contributed by atoms with Gasteiger partial charge in [0.2, 0.25) is 0 Å². The van der Waals surface area contributed by atoms with Crippen LogP contribution in [0.2, 0.25) is 0 Å². The Hall–Kier alpha value is -5.52. The largest absolute Gasteiger partial charge is 0.510 e. The molecule has 264 valence electrons. The van der Waals surface area contributed by atoms with Crippen LogP contribution < -0.4 is 16.4 Å². The lowest BCUT2D eigenvalue weighted by molar-refractivity contribution is -0.432. The molecule has 51 heavy (non-hydrogen) atoms. The van der Waals surface area contributed by atoms with Crippen LogP contribution in [-0.2, 0) is 34.4 Å². The molecule has 0 heterocycles. The molecule has 21 heteroatoms. The van der Waals surface area contributed by atoms with Gasteiger partial charge in [-0.3, -0.25) is 23.5 Å². The number of nitrogens with one attached hydrogen (secondary N) is 2. The number of amides is 1. The number of hydrogen-bond acceptors (Lipinski definition) is 16. The number of carbonyl (C=O) groups is 3. The summed E-state index contributed by atoms with van der Waals surface area (Å²) in [6.45, 7) is 1.13. The molecule has 0 bridgehead atoms. The van der Waals surface area contributed by atoms with Crippen molar-refractivity contribution in [3.05, 3.63) is 107 Å². The van der Waals surface area contributed by atoms with Gasteiger partial charge in [0.25, 0.3) is 26.1 Å². The van der Waals surface area contributed by atoms with Crippen LogP contribution in [0, 0.1) is 0 Å². The fourth-order valence-electron chi connectivity index (χ4n) is 4.88. The second-order valence-corrected chi connectivity index (χ2v) is 13.9. The van der Waals surface area contributed by atoms with E-state index in [4.69, 9.17) is 11.0 Å². The highest BCUT2D eigenvalue weighted by molar-refractivity contribution is 7.94. The van der Waals surface area contributed by atoms with Crippen molar-refractivity contribution in [1.29, 1.82) is 0 Å². The highest BCUT2D eigenvalue weighted by Gasteiger charge is 2.37. The summed E-state index contributed by atoms with van der Waals surface area (Å²) in [5.41, 5.74) is 2.38. The van der Waals surface area contributed by atoms with Crippen LogP contribution in [0.25, 0.3) is 0 Å². The van der Waals surface area contributed by atoms with Crippen molar-refractivity contribution in [1.82, 2.24) is 0 Å². The molecule has 1 aliphatic rings. The van der Waals surface area contributed by atoms with Gasteiger partial charge in [0.15, 0.2) is 17.3 Å². The highest BCUT2D eigenvalue weighted by atomic mass is 32.2. The number of ketones is 2. The fourth-order valence-corrected chi connectivity index (χ4v) is 6.57. The summed E-state index contributed by atoms with van der Waals surface area (Å²) >= 11 is 0.483. The van der Waals surface area contributed by atoms with Crippen molar-refractivity contribution in [2.24, 2.45) is 10.2 Å². The van der Waals surface area contributed by atoms with Crippen molar-refractivity contribution in [3.8, 4) is 0 Å². The molecule has 5 rings (SSSR count). The molecule has 0 fully saturated rings. The number of azo groups is 1. The van der Waals surface area contributed by atoms with Crippen molar-refractivity contribution < 1.29 is 60.1 Å². The molecule has 18 nitrogen and oxygen atoms in total. The molecule has 8 N–H and O–H groups in total. The lowest BCUT2D eigenvalue weighted by atomic mass is 9.82. The van der Waals surface area contributed by atoms with E-state index in [9.17, 15) is 45.4 Å². The topological polar surface area (TPSA) is 294 Å². The Balaban J connectivity index is 1.59. The van der Waals surface area contributed by atoms with Gasteiger partial charge in [-0.15, -0.1) is 14.6 Å². The number of nitrogens with two attached hydrogens (primary N) is 1. The quantitative estimate of drug-likeness (QED) is 0.0133. The summed E-state index contributed by atoms with van der Waals surface area (Å²) in [5.74, 6) is -3.26. The van der Waals surface area contributed by atoms with E-state index < -0.39 is 87.1 Å². The van der Waals surface area contributed by atoms with Crippen LogP contribution >= 0.6 is 12.0 Å². The number of rotatable bonds is 11. The third kappa shape index (κ3) is 7.79. The third-order valence-electron chi connectivity index (χ3n) is 7.07. The van der Waals surface area contributed by atoms with Crippen molar-refractivity contribution in [2.75, 3.05) is 16.4 Å². The van der Waals surface area contributed by atoms with Crippen LogP contribution in [0.15, 0.2) is 109 Å². The Morgan fingerprint density at radius 3 is 2.14 bits per heavy atom. The molecule has 0 saturated heterocycles. The first kappa shape index (κ1) is 36.8. The van der Waals surface area contributed by atoms with Crippen LogP contribution in [0.5, 0.6) is 0 Å². The number of aliphatic hydroxyl groups excluding tert-OH is 1. The summed E-state index contributed by atoms with van der Waals surface area (Å²) in [4.78, 5) is 38.5. The molecule has 0 atom stereocenters. The lowest BCUT2D eigenvalue weighted by Gasteiger charge is -2.24. The summed E-state index contributed by atoms with van der Waals surface area (Å²) in [7, 11) is -10.2. The smallest absolute Gasteiger partial charge is 0.296 e. The zero-order chi connectivity index (χ0) is 37.2. The Morgan fingerprint density at radius 1 is 0.843 bits per heavy atom. The van der Waals surface area contributed by atoms with Gasteiger partial charge in [-0.1, -0.05) is 23.2 Å². The Bertz CT molecular complexity index is 2400. The number of anilines is 4. The van der Waals surface area contributed by atoms with E-state index in [1.165, 1.54) is 18.2 Å². The number of nitrogens with zero attached hydrogens (tertiary/aromatic N) is 2. The van der Waals surface area contributed by atoms with Gasteiger partial charge in [0, 0.05) is 27.4 Å². The van der Waals surface area contributed by atoms with Gasteiger partial charge >= 0.3 is 0 Å². The Kier molecular flexibility index (Phi) is 10.4. The first-order valence-corrected chi connectivity index (χ1v) is 17.5. The van der Waals surface area contributed by atoms with E-state index in [1.807, 2.05) is 0 Å². The minimum atomic E-state index is -5.11. The van der Waals surface area contributed by atoms with E-state index in [2.05, 4.69) is 30.2 Å². The molecule has 0 unspecified atom stereocenters. The number of carbonyl (C=O) groups excluding carboxylic acids is 3. The average molecular weight is 758 g/mol. The number of nitrogen functional groups attached to an aromatic ring is 1. The van der Waals surface area contributed by atoms with Crippen LogP contribution in [0.3, 0.4) is 0 Å². The molecule has 0 radical (unpaired) electrons. The number of fused-ring (bicyclic) bond motifs is 2. The maximum Gasteiger partial charge on any atom is 0.296 e. The molecular formula is C30H23N5O13S3. The molecule has 4 aromatic carbocycles. The molecule has 4 aromatic rings. The average Bonchev–Trinajstić information content (AvgIpc) is 3.06. The second kappa shape index (κ2) is 14.4. The Labute approximate surface area is 292 Å². The zero-order valence-corrected chi connectivity index (χ0v) is 28.0. The highest BCUT2D eigenvalue weighted by Crippen LogP contribution is 2.41. The molecule has 1 aliphatic carbocycles. The number of aliphatic hydroxyl groups is 1. The minimum absolute atomic E-state index is 0.193. The monoisotopic (exact) mass is 757 g/mol. The summed E-state index contributed by atoms with van der Waals surface area (Å²) < 4.78 is 73.8. The standard InChI is InChI=1S/C30H23N5O13S3/c1-14(36)27(30(39)33-15-5-3-2-4-6-15)35-34-20-10-7-16(11-22(20)50(41,42)43)32-21-13-23(51(44,45)46)26(31)25-24(21)29(38)19-12-17(49-48-47-40)8-9-18(19)28(25)37/h2-13,32,36,40H,31H2,1H3,(H,33,39)(H,41,42,43)(H,44,45,46)/b27-14-,35-34?. The van der Waals surface area contributed by atoms with Crippen LogP contribution in [-0.4, -0.2) is 53.8 Å². The molecule has 0 saturated carbocycles. The van der Waals surface area contributed by atoms with Gasteiger partial charge in [0.1, 0.15) is 21.2 Å². The SMILES string of the molecule is C/C(O)=C(/N=Nc1ccc(Nc2cc(S(=O)(=O)O)c(N)c3c2C(=O)c2cc(SOOO)ccc2C3=O)cc1S(=O)(=O)O)C(=O)Nc1ccccc1. The summed E-state index contributed by atoms with van der Waals surface area (Å²) in [6, 6.07) is 15.6. The van der Waals surface area contributed by atoms with Crippen molar-refractivity contribution in [3.63, 3.8) is 0 Å². The number of hydrogen-bond donors (Lipinski definition) is 7. The molecule has 0 aliphatic heterocycles. The van der Waals surface area contributed by atoms with E-state index in [1.54, 1.807) is 30.3 Å². The maximum atomic E-state index is 13.8. The molecule has 1 amide bonds. The predicted octanol–water partition coefficient (Wildman–Crippen LogP) is 5.22. The predicted molar refractivity (Wildman–Crippen MR) is 179 cm³/mol. The van der Waals surface area contributed by atoms with Gasteiger partial charge in [-0.2, -0.15) is 16.8 Å². The van der Waals surface area contributed by atoms with E-state index in [0.717, 1.165) is 31.2 Å². The van der Waals surface area contributed by atoms with Crippen molar-refractivity contribution in [2.45, 2.75) is 21.6 Å². The normalized spacial score (nSPS) is 13.4. The van der Waals surface area contributed by atoms with E-state index in [0.29, 0.717) is 17.7 Å². The van der Waals surface area contributed by atoms with E-state index in [-0.39, 0.29) is 21.7 Å². The second-order valence-electron chi connectivity index (χ2n) is 10.4. The molecule has 0 spiro atoms. The van der Waals surface area contributed by atoms with Gasteiger partial charge in [0.05, 0.1) is 34.5 Å². The van der Waals surface area contributed by atoms with Gasteiger partial charge in [-0.25, -0.2) is 5.26 Å². The Morgan fingerprint density at radius 2 is 1.51 bits per heavy atom. The van der Waals surface area contributed by atoms with Gasteiger partial charge < -0.3 is 21.5 Å². The van der Waals surface area contributed by atoms with Crippen LogP contribution in [0.1, 0.15) is 38.8 Å². The molecule has 0 aromatic heterocycles. The summed E-state index contributed by atoms with van der Waals surface area (Å²) in [5, 5.41) is 34.6.